The number of carbonyl (C=O) groups excluding carboxylic acids is 1. The Morgan fingerprint density at radius 2 is 1.90 bits per heavy atom. The third-order valence-corrected chi connectivity index (χ3v) is 3.58. The van der Waals surface area contributed by atoms with Crippen LogP contribution in [0.1, 0.15) is 12.0 Å². The summed E-state index contributed by atoms with van der Waals surface area (Å²) in [6, 6.07) is 7.44. The molecule has 0 aromatic heterocycles. The van der Waals surface area contributed by atoms with Gasteiger partial charge in [-0.3, -0.25) is 14.5 Å². The van der Waals surface area contributed by atoms with Crippen LogP contribution in [0.15, 0.2) is 24.3 Å². The average Bonchev–Trinajstić information content (AvgIpc) is 2.41. The number of carboxylic acids is 1. The van der Waals surface area contributed by atoms with Crippen LogP contribution in [0.5, 0.6) is 0 Å². The lowest BCUT2D eigenvalue weighted by molar-refractivity contribution is -0.140. The molecule has 1 fully saturated rings. The molecule has 0 spiro atoms. The third kappa shape index (κ3) is 5.53. The zero-order valence-electron chi connectivity index (χ0n) is 11.5. The summed E-state index contributed by atoms with van der Waals surface area (Å²) >= 11 is 5.83. The number of aliphatic carboxylic acids is 1. The number of carbonyl (C=O) groups is 2. The first-order chi connectivity index (χ1) is 9.54. The predicted octanol–water partition coefficient (Wildman–Crippen LogP) is 1.88. The van der Waals surface area contributed by atoms with E-state index in [0.29, 0.717) is 37.7 Å². The summed E-state index contributed by atoms with van der Waals surface area (Å²) in [7, 11) is 0. The van der Waals surface area contributed by atoms with Gasteiger partial charge < -0.3 is 10.0 Å². The minimum Gasteiger partial charge on any atom is -0.481 e. The largest absolute Gasteiger partial charge is 0.481 e. The summed E-state index contributed by atoms with van der Waals surface area (Å²) in [5.74, 6) is -0.794. The third-order valence-electron chi connectivity index (χ3n) is 3.33. The molecule has 0 saturated carbocycles. The van der Waals surface area contributed by atoms with Crippen molar-refractivity contribution in [2.45, 2.75) is 13.0 Å². The molecule has 0 aliphatic carbocycles. The summed E-state index contributed by atoms with van der Waals surface area (Å²) in [5, 5.41) is 9.33. The van der Waals surface area contributed by atoms with Crippen LogP contribution in [0.2, 0.25) is 5.02 Å². The van der Waals surface area contributed by atoms with E-state index in [9.17, 15) is 9.59 Å². The normalized spacial score (nSPS) is 15.7. The molecule has 1 aromatic rings. The van der Waals surface area contributed by atoms with Crippen molar-refractivity contribution in [2.75, 3.05) is 26.2 Å². The van der Waals surface area contributed by atoms with Gasteiger partial charge in [-0.1, -0.05) is 23.7 Å². The maximum absolute atomic E-state index is 12.0. The first-order valence-corrected chi connectivity index (χ1v) is 6.89. The molecule has 1 saturated heterocycles. The van der Waals surface area contributed by atoms with Crippen LogP contribution in [-0.4, -0.2) is 53.0 Å². The zero-order chi connectivity index (χ0) is 14.5. The molecule has 1 N–H and O–H groups in total. The van der Waals surface area contributed by atoms with Crippen LogP contribution in [0.4, 0.5) is 0 Å². The number of carboxylic acid groups (broad SMARTS) is 1. The number of amides is 1. The summed E-state index contributed by atoms with van der Waals surface area (Å²) in [4.78, 5) is 26.2. The molecule has 1 heterocycles. The maximum Gasteiger partial charge on any atom is 0.304 e. The molecule has 1 aliphatic rings. The number of piperazine rings is 1. The van der Waals surface area contributed by atoms with E-state index < -0.39 is 5.97 Å². The molecule has 116 valence electrons. The fourth-order valence-electron chi connectivity index (χ4n) is 2.18. The highest BCUT2D eigenvalue weighted by Crippen LogP contribution is 2.13. The van der Waals surface area contributed by atoms with Crippen molar-refractivity contribution < 1.29 is 14.7 Å². The number of benzene rings is 1. The SMILES string of the molecule is Cl.O=C(O)CCN1CCN(Cc2ccc(Cl)cc2)C(=O)C1. The van der Waals surface area contributed by atoms with Crippen molar-refractivity contribution in [3.8, 4) is 0 Å². The molecule has 0 atom stereocenters. The summed E-state index contributed by atoms with van der Waals surface area (Å²) in [5.41, 5.74) is 1.04. The van der Waals surface area contributed by atoms with Gasteiger partial charge in [-0.15, -0.1) is 12.4 Å². The fourth-order valence-corrected chi connectivity index (χ4v) is 2.31. The molecule has 2 rings (SSSR count). The van der Waals surface area contributed by atoms with E-state index in [1.165, 1.54) is 0 Å². The highest BCUT2D eigenvalue weighted by Gasteiger charge is 2.23. The number of nitrogens with zero attached hydrogens (tertiary/aromatic N) is 2. The Bertz CT molecular complexity index is 493. The zero-order valence-corrected chi connectivity index (χ0v) is 13.1. The van der Waals surface area contributed by atoms with Crippen molar-refractivity contribution in [3.63, 3.8) is 0 Å². The van der Waals surface area contributed by atoms with Gasteiger partial charge in [0.2, 0.25) is 5.91 Å². The number of hydrogen-bond donors (Lipinski definition) is 1. The van der Waals surface area contributed by atoms with Crippen molar-refractivity contribution in [3.05, 3.63) is 34.9 Å². The van der Waals surface area contributed by atoms with Gasteiger partial charge in [-0.2, -0.15) is 0 Å². The van der Waals surface area contributed by atoms with Crippen molar-refractivity contribution in [2.24, 2.45) is 0 Å². The van der Waals surface area contributed by atoms with E-state index in [2.05, 4.69) is 0 Å². The Balaban J connectivity index is 0.00000220. The number of rotatable bonds is 5. The van der Waals surface area contributed by atoms with Gasteiger partial charge in [-0.25, -0.2) is 0 Å². The van der Waals surface area contributed by atoms with Crippen molar-refractivity contribution in [1.29, 1.82) is 0 Å². The Morgan fingerprint density at radius 1 is 1.24 bits per heavy atom. The lowest BCUT2D eigenvalue weighted by atomic mass is 10.2. The monoisotopic (exact) mass is 332 g/mol. The van der Waals surface area contributed by atoms with E-state index in [1.54, 1.807) is 4.90 Å². The standard InChI is InChI=1S/C14H17ClN2O3.ClH/c15-12-3-1-11(2-4-12)9-17-8-7-16(10-13(17)18)6-5-14(19)20;/h1-4H,5-10H2,(H,19,20);1H. The molecule has 1 aromatic carbocycles. The Labute approximate surface area is 134 Å². The summed E-state index contributed by atoms with van der Waals surface area (Å²) in [6.07, 6.45) is 0.0739. The second-order valence-electron chi connectivity index (χ2n) is 4.86. The number of hydrogen-bond acceptors (Lipinski definition) is 3. The first-order valence-electron chi connectivity index (χ1n) is 6.51. The lowest BCUT2D eigenvalue weighted by Crippen LogP contribution is -2.50. The van der Waals surface area contributed by atoms with Crippen LogP contribution in [0.3, 0.4) is 0 Å². The van der Waals surface area contributed by atoms with E-state index in [1.807, 2.05) is 29.2 Å². The van der Waals surface area contributed by atoms with Crippen LogP contribution in [0.25, 0.3) is 0 Å². The van der Waals surface area contributed by atoms with E-state index >= 15 is 0 Å². The average molecular weight is 333 g/mol. The van der Waals surface area contributed by atoms with E-state index in [-0.39, 0.29) is 24.7 Å². The van der Waals surface area contributed by atoms with Crippen LogP contribution >= 0.6 is 24.0 Å². The Kier molecular flexibility index (Phi) is 6.95. The molecular weight excluding hydrogens is 315 g/mol. The highest BCUT2D eigenvalue weighted by atomic mass is 35.5. The lowest BCUT2D eigenvalue weighted by Gasteiger charge is -2.34. The molecule has 1 aliphatic heterocycles. The molecule has 5 nitrogen and oxygen atoms in total. The molecule has 21 heavy (non-hydrogen) atoms. The quantitative estimate of drug-likeness (QED) is 0.894. The van der Waals surface area contributed by atoms with Gasteiger partial charge in [0.05, 0.1) is 13.0 Å². The minimum absolute atomic E-state index is 0. The fraction of sp³-hybridized carbons (Fsp3) is 0.429. The van der Waals surface area contributed by atoms with Crippen LogP contribution < -0.4 is 0 Å². The molecule has 0 unspecified atom stereocenters. The summed E-state index contributed by atoms with van der Waals surface area (Å²) < 4.78 is 0. The summed E-state index contributed by atoms with van der Waals surface area (Å²) in [6.45, 7) is 2.63. The Morgan fingerprint density at radius 3 is 2.48 bits per heavy atom. The molecule has 0 bridgehead atoms. The molecular formula is C14H18Cl2N2O3. The van der Waals surface area contributed by atoms with Crippen LogP contribution in [0, 0.1) is 0 Å². The highest BCUT2D eigenvalue weighted by molar-refractivity contribution is 6.30. The maximum atomic E-state index is 12.0. The molecule has 7 heteroatoms. The topological polar surface area (TPSA) is 60.9 Å². The van der Waals surface area contributed by atoms with Gasteiger partial charge in [-0.05, 0) is 17.7 Å². The van der Waals surface area contributed by atoms with Gasteiger partial charge in [0.15, 0.2) is 0 Å². The smallest absolute Gasteiger partial charge is 0.304 e. The van der Waals surface area contributed by atoms with Gasteiger partial charge in [0.1, 0.15) is 0 Å². The second-order valence-corrected chi connectivity index (χ2v) is 5.30. The van der Waals surface area contributed by atoms with Gasteiger partial charge >= 0.3 is 5.97 Å². The van der Waals surface area contributed by atoms with Gasteiger partial charge in [0, 0.05) is 31.2 Å². The minimum atomic E-state index is -0.832. The number of halogens is 2. The molecule has 0 radical (unpaired) electrons. The van der Waals surface area contributed by atoms with Crippen LogP contribution in [-0.2, 0) is 16.1 Å². The van der Waals surface area contributed by atoms with Crippen molar-refractivity contribution >= 4 is 35.9 Å². The molecule has 1 amide bonds. The van der Waals surface area contributed by atoms with E-state index in [4.69, 9.17) is 16.7 Å². The Hall–Kier alpha value is -1.30. The predicted molar refractivity (Wildman–Crippen MR) is 82.8 cm³/mol. The first kappa shape index (κ1) is 17.8. The second kappa shape index (κ2) is 8.22. The van der Waals surface area contributed by atoms with Crippen molar-refractivity contribution in [1.82, 2.24) is 9.80 Å². The van der Waals surface area contributed by atoms with Gasteiger partial charge in [0.25, 0.3) is 0 Å². The van der Waals surface area contributed by atoms with E-state index in [0.717, 1.165) is 5.56 Å².